The maximum Gasteiger partial charge on any atom is 0.352 e. The SMILES string of the molecule is CC(Cn1cc(Cl)cc1C(=O)O)N(C)C1CC1. The average Bonchev–Trinajstić information content (AvgIpc) is 3.02. The third-order valence-corrected chi connectivity index (χ3v) is 3.57. The number of carboxylic acid groups (broad SMARTS) is 1. The van der Waals surface area contributed by atoms with E-state index < -0.39 is 5.97 Å². The number of nitrogens with zero attached hydrogens (tertiary/aromatic N) is 2. The van der Waals surface area contributed by atoms with Crippen LogP contribution >= 0.6 is 11.6 Å². The lowest BCUT2D eigenvalue weighted by Gasteiger charge is -2.25. The molecule has 0 aromatic carbocycles. The van der Waals surface area contributed by atoms with E-state index in [1.165, 1.54) is 18.9 Å². The molecule has 1 saturated carbocycles. The van der Waals surface area contributed by atoms with Gasteiger partial charge < -0.3 is 9.67 Å². The van der Waals surface area contributed by atoms with Gasteiger partial charge in [0, 0.05) is 24.8 Å². The molecule has 1 aliphatic rings. The lowest BCUT2D eigenvalue weighted by Crippen LogP contribution is -2.34. The molecular formula is C12H17ClN2O2. The lowest BCUT2D eigenvalue weighted by molar-refractivity contribution is 0.0683. The van der Waals surface area contributed by atoms with Gasteiger partial charge in [0.05, 0.1) is 5.02 Å². The Balaban J connectivity index is 2.09. The molecule has 0 aliphatic heterocycles. The zero-order valence-electron chi connectivity index (χ0n) is 10.1. The smallest absolute Gasteiger partial charge is 0.352 e. The van der Waals surface area contributed by atoms with E-state index in [0.717, 1.165) is 0 Å². The Morgan fingerprint density at radius 3 is 2.88 bits per heavy atom. The Morgan fingerprint density at radius 2 is 2.35 bits per heavy atom. The molecule has 94 valence electrons. The Kier molecular flexibility index (Phi) is 3.45. The fraction of sp³-hybridized carbons (Fsp3) is 0.583. The zero-order valence-corrected chi connectivity index (χ0v) is 10.8. The molecule has 2 rings (SSSR count). The molecule has 1 unspecified atom stereocenters. The molecule has 1 N–H and O–H groups in total. The summed E-state index contributed by atoms with van der Waals surface area (Å²) in [7, 11) is 2.09. The van der Waals surface area contributed by atoms with Crippen molar-refractivity contribution < 1.29 is 9.90 Å². The number of aromatic carboxylic acids is 1. The van der Waals surface area contributed by atoms with Crippen LogP contribution in [-0.2, 0) is 6.54 Å². The van der Waals surface area contributed by atoms with Gasteiger partial charge in [0.2, 0.25) is 0 Å². The van der Waals surface area contributed by atoms with Gasteiger partial charge in [-0.3, -0.25) is 4.90 Å². The van der Waals surface area contributed by atoms with Crippen LogP contribution in [0.4, 0.5) is 0 Å². The van der Waals surface area contributed by atoms with Crippen LogP contribution in [0.1, 0.15) is 30.3 Å². The quantitative estimate of drug-likeness (QED) is 0.880. The minimum absolute atomic E-state index is 0.256. The molecule has 5 heteroatoms. The fourth-order valence-corrected chi connectivity index (χ4v) is 2.28. The maximum absolute atomic E-state index is 11.0. The van der Waals surface area contributed by atoms with E-state index >= 15 is 0 Å². The second-order valence-electron chi connectivity index (χ2n) is 4.75. The number of likely N-dealkylation sites (N-methyl/N-ethyl adjacent to an activating group) is 1. The van der Waals surface area contributed by atoms with Crippen LogP contribution in [0.15, 0.2) is 12.3 Å². The highest BCUT2D eigenvalue weighted by atomic mass is 35.5. The Bertz CT molecular complexity index is 426. The van der Waals surface area contributed by atoms with Crippen molar-refractivity contribution in [3.05, 3.63) is 23.0 Å². The van der Waals surface area contributed by atoms with Crippen molar-refractivity contribution in [2.75, 3.05) is 7.05 Å². The highest BCUT2D eigenvalue weighted by Crippen LogP contribution is 2.27. The number of hydrogen-bond acceptors (Lipinski definition) is 2. The van der Waals surface area contributed by atoms with Crippen molar-refractivity contribution in [2.24, 2.45) is 0 Å². The molecule has 1 aliphatic carbocycles. The van der Waals surface area contributed by atoms with Gasteiger partial charge in [0.1, 0.15) is 5.69 Å². The number of carboxylic acids is 1. The lowest BCUT2D eigenvalue weighted by atomic mass is 10.3. The standard InChI is InChI=1S/C12H17ClN2O2/c1-8(14(2)10-3-4-10)6-15-7-9(13)5-11(15)12(16)17/h5,7-8,10H,3-4,6H2,1-2H3,(H,16,17). The number of hydrogen-bond donors (Lipinski definition) is 1. The van der Waals surface area contributed by atoms with Crippen molar-refractivity contribution in [1.82, 2.24) is 9.47 Å². The predicted molar refractivity (Wildman–Crippen MR) is 66.6 cm³/mol. The topological polar surface area (TPSA) is 45.5 Å². The second-order valence-corrected chi connectivity index (χ2v) is 5.18. The molecule has 4 nitrogen and oxygen atoms in total. The second kappa shape index (κ2) is 4.70. The van der Waals surface area contributed by atoms with E-state index in [1.54, 1.807) is 10.8 Å². The van der Waals surface area contributed by atoms with Gasteiger partial charge in [0.25, 0.3) is 0 Å². The third kappa shape index (κ3) is 2.82. The molecular weight excluding hydrogens is 240 g/mol. The molecule has 1 atom stereocenters. The van der Waals surface area contributed by atoms with E-state index in [2.05, 4.69) is 18.9 Å². The summed E-state index contributed by atoms with van der Waals surface area (Å²) >= 11 is 5.85. The first-order valence-corrected chi connectivity index (χ1v) is 6.17. The van der Waals surface area contributed by atoms with Crippen LogP contribution < -0.4 is 0 Å². The van der Waals surface area contributed by atoms with Gasteiger partial charge in [-0.1, -0.05) is 11.6 Å². The molecule has 0 spiro atoms. The summed E-state index contributed by atoms with van der Waals surface area (Å²) in [6, 6.07) is 2.47. The summed E-state index contributed by atoms with van der Waals surface area (Å²) < 4.78 is 1.72. The Morgan fingerprint density at radius 1 is 1.71 bits per heavy atom. The van der Waals surface area contributed by atoms with Crippen LogP contribution in [0.5, 0.6) is 0 Å². The van der Waals surface area contributed by atoms with Crippen molar-refractivity contribution in [2.45, 2.75) is 38.4 Å². The molecule has 1 fully saturated rings. The number of carbonyl (C=O) groups is 1. The predicted octanol–water partition coefficient (Wildman–Crippen LogP) is 2.32. The molecule has 1 aromatic heterocycles. The molecule has 0 radical (unpaired) electrons. The van der Waals surface area contributed by atoms with Crippen molar-refractivity contribution in [1.29, 1.82) is 0 Å². The fourth-order valence-electron chi connectivity index (χ4n) is 2.06. The minimum atomic E-state index is -0.932. The average molecular weight is 257 g/mol. The number of rotatable bonds is 5. The maximum atomic E-state index is 11.0. The molecule has 17 heavy (non-hydrogen) atoms. The van der Waals surface area contributed by atoms with Crippen LogP contribution in [0.2, 0.25) is 5.02 Å². The first-order chi connectivity index (χ1) is 7.99. The summed E-state index contributed by atoms with van der Waals surface area (Å²) in [5.74, 6) is -0.932. The van der Waals surface area contributed by atoms with Crippen LogP contribution in [0.25, 0.3) is 0 Å². The van der Waals surface area contributed by atoms with E-state index in [9.17, 15) is 4.79 Å². The van der Waals surface area contributed by atoms with Crippen LogP contribution in [-0.4, -0.2) is 39.7 Å². The van der Waals surface area contributed by atoms with Crippen molar-refractivity contribution in [3.63, 3.8) is 0 Å². The van der Waals surface area contributed by atoms with E-state index in [-0.39, 0.29) is 5.69 Å². The van der Waals surface area contributed by atoms with Gasteiger partial charge in [-0.25, -0.2) is 4.79 Å². The van der Waals surface area contributed by atoms with Crippen LogP contribution in [0, 0.1) is 0 Å². The highest BCUT2D eigenvalue weighted by Gasteiger charge is 2.29. The van der Waals surface area contributed by atoms with Gasteiger partial charge in [-0.2, -0.15) is 0 Å². The van der Waals surface area contributed by atoms with Crippen molar-refractivity contribution >= 4 is 17.6 Å². The summed E-state index contributed by atoms with van der Waals surface area (Å²) in [4.78, 5) is 13.3. The first-order valence-electron chi connectivity index (χ1n) is 5.80. The third-order valence-electron chi connectivity index (χ3n) is 3.36. The highest BCUT2D eigenvalue weighted by molar-refractivity contribution is 6.30. The largest absolute Gasteiger partial charge is 0.477 e. The monoisotopic (exact) mass is 256 g/mol. The summed E-state index contributed by atoms with van der Waals surface area (Å²) in [5.41, 5.74) is 0.256. The molecule has 1 heterocycles. The molecule has 0 bridgehead atoms. The Labute approximate surface area is 106 Å². The van der Waals surface area contributed by atoms with E-state index in [4.69, 9.17) is 16.7 Å². The number of aromatic nitrogens is 1. The van der Waals surface area contributed by atoms with E-state index in [1.807, 2.05) is 0 Å². The summed E-state index contributed by atoms with van der Waals surface area (Å²) in [5, 5.41) is 9.53. The molecule has 1 aromatic rings. The zero-order chi connectivity index (χ0) is 12.6. The van der Waals surface area contributed by atoms with Gasteiger partial charge in [0.15, 0.2) is 0 Å². The first kappa shape index (κ1) is 12.5. The normalized spacial score (nSPS) is 17.4. The van der Waals surface area contributed by atoms with Crippen molar-refractivity contribution in [3.8, 4) is 0 Å². The molecule has 0 saturated heterocycles. The Hall–Kier alpha value is -1.00. The van der Waals surface area contributed by atoms with E-state index in [0.29, 0.717) is 23.7 Å². The number of halogens is 1. The summed E-state index contributed by atoms with van der Waals surface area (Å²) in [6.45, 7) is 2.76. The van der Waals surface area contributed by atoms with Gasteiger partial charge in [-0.05, 0) is 32.9 Å². The summed E-state index contributed by atoms with van der Waals surface area (Å²) in [6.07, 6.45) is 4.18. The minimum Gasteiger partial charge on any atom is -0.477 e. The van der Waals surface area contributed by atoms with Gasteiger partial charge in [-0.15, -0.1) is 0 Å². The van der Waals surface area contributed by atoms with Gasteiger partial charge >= 0.3 is 5.97 Å². The van der Waals surface area contributed by atoms with Crippen LogP contribution in [0.3, 0.4) is 0 Å². The molecule has 0 amide bonds.